The minimum atomic E-state index is -0.435. The Bertz CT molecular complexity index is 509. The minimum Gasteiger partial charge on any atom is -0.339 e. The van der Waals surface area contributed by atoms with Gasteiger partial charge in [-0.3, -0.25) is 19.8 Å². The Labute approximate surface area is 127 Å². The van der Waals surface area contributed by atoms with Gasteiger partial charge in [-0.2, -0.15) is 0 Å². The van der Waals surface area contributed by atoms with E-state index in [0.29, 0.717) is 25.4 Å². The number of rotatable bonds is 4. The summed E-state index contributed by atoms with van der Waals surface area (Å²) in [5.74, 6) is 1.25. The first-order valence-corrected chi connectivity index (χ1v) is 7.40. The Hall–Kier alpha value is -1.89. The van der Waals surface area contributed by atoms with Crippen LogP contribution < -0.4 is 9.88 Å². The molecule has 1 aromatic heterocycles. The predicted molar refractivity (Wildman–Crippen MR) is 78.4 cm³/mol. The highest BCUT2D eigenvalue weighted by molar-refractivity contribution is 6.18. The van der Waals surface area contributed by atoms with Gasteiger partial charge in [0, 0.05) is 37.4 Å². The number of hydrogen-bond donors (Lipinski definition) is 0. The number of nitrogens with zero attached hydrogens (tertiary/aromatic N) is 3. The first kappa shape index (κ1) is 15.5. The molecule has 1 aromatic rings. The van der Waals surface area contributed by atoms with E-state index in [9.17, 15) is 14.9 Å². The molecule has 114 valence electrons. The molecule has 0 aromatic carbocycles. The van der Waals surface area contributed by atoms with Crippen molar-refractivity contribution in [2.24, 2.45) is 0 Å². The molecule has 7 nitrogen and oxygen atoms in total. The van der Waals surface area contributed by atoms with Gasteiger partial charge in [0.05, 0.1) is 18.0 Å². The summed E-state index contributed by atoms with van der Waals surface area (Å²) < 4.78 is 0. The molecular formula is C13H18ClN4O3+. The quantitative estimate of drug-likeness (QED) is 0.473. The normalized spacial score (nSPS) is 15.7. The number of carbonyl (C=O) groups excluding carboxylic acids is 1. The van der Waals surface area contributed by atoms with E-state index in [2.05, 4.69) is 9.88 Å². The van der Waals surface area contributed by atoms with E-state index in [1.807, 2.05) is 4.90 Å². The molecule has 21 heavy (non-hydrogen) atoms. The van der Waals surface area contributed by atoms with E-state index in [1.54, 1.807) is 6.07 Å². The number of H-pyrrole nitrogens is 1. The zero-order chi connectivity index (χ0) is 15.2. The van der Waals surface area contributed by atoms with E-state index < -0.39 is 4.92 Å². The fourth-order valence-corrected chi connectivity index (χ4v) is 2.53. The predicted octanol–water partition coefficient (Wildman–Crippen LogP) is 1.08. The monoisotopic (exact) mass is 313 g/mol. The second kappa shape index (κ2) is 7.21. The Kier molecular flexibility index (Phi) is 5.32. The summed E-state index contributed by atoms with van der Waals surface area (Å²) in [5, 5.41) is 10.6. The summed E-state index contributed by atoms with van der Waals surface area (Å²) in [5.41, 5.74) is 0.0347. The fourth-order valence-electron chi connectivity index (χ4n) is 2.37. The third kappa shape index (κ3) is 4.04. The Morgan fingerprint density at radius 1 is 1.33 bits per heavy atom. The van der Waals surface area contributed by atoms with Gasteiger partial charge < -0.3 is 4.90 Å². The van der Waals surface area contributed by atoms with Crippen molar-refractivity contribution in [3.63, 3.8) is 0 Å². The van der Waals surface area contributed by atoms with Crippen LogP contribution in [0, 0.1) is 10.1 Å². The minimum absolute atomic E-state index is 0.0347. The van der Waals surface area contributed by atoms with Crippen molar-refractivity contribution in [1.82, 2.24) is 4.90 Å². The number of aromatic amines is 1. The van der Waals surface area contributed by atoms with Gasteiger partial charge in [-0.15, -0.1) is 11.6 Å². The largest absolute Gasteiger partial charge is 0.339 e. The molecule has 2 heterocycles. The van der Waals surface area contributed by atoms with E-state index in [1.165, 1.54) is 12.3 Å². The number of carbonyl (C=O) groups is 1. The van der Waals surface area contributed by atoms with Gasteiger partial charge in [0.2, 0.25) is 5.91 Å². The zero-order valence-electron chi connectivity index (χ0n) is 11.6. The summed E-state index contributed by atoms with van der Waals surface area (Å²) >= 11 is 5.60. The number of nitrogens with one attached hydrogen (secondary N) is 1. The van der Waals surface area contributed by atoms with Crippen molar-refractivity contribution in [2.75, 3.05) is 37.0 Å². The topological polar surface area (TPSA) is 80.8 Å². The van der Waals surface area contributed by atoms with E-state index in [4.69, 9.17) is 11.6 Å². The molecule has 1 amide bonds. The van der Waals surface area contributed by atoms with Crippen LogP contribution in [0.1, 0.15) is 12.8 Å². The molecule has 0 spiro atoms. The van der Waals surface area contributed by atoms with Gasteiger partial charge in [0.15, 0.2) is 6.20 Å². The number of pyridine rings is 1. The van der Waals surface area contributed by atoms with Crippen molar-refractivity contribution in [2.45, 2.75) is 12.8 Å². The molecule has 1 fully saturated rings. The summed E-state index contributed by atoms with van der Waals surface area (Å²) in [6.07, 6.45) is 2.61. The van der Waals surface area contributed by atoms with Gasteiger partial charge in [-0.25, -0.2) is 4.98 Å². The molecular weight excluding hydrogens is 296 g/mol. The van der Waals surface area contributed by atoms with Gasteiger partial charge in [-0.05, 0) is 0 Å². The number of halogens is 1. The third-order valence-corrected chi connectivity index (χ3v) is 3.68. The van der Waals surface area contributed by atoms with Crippen LogP contribution in [0.25, 0.3) is 0 Å². The Morgan fingerprint density at radius 3 is 2.76 bits per heavy atom. The van der Waals surface area contributed by atoms with Crippen molar-refractivity contribution in [1.29, 1.82) is 0 Å². The average molecular weight is 314 g/mol. The molecule has 0 saturated carbocycles. The second-order valence-corrected chi connectivity index (χ2v) is 5.23. The lowest BCUT2D eigenvalue weighted by Crippen LogP contribution is -2.36. The molecule has 1 N–H and O–H groups in total. The highest BCUT2D eigenvalue weighted by Gasteiger charge is 2.24. The highest BCUT2D eigenvalue weighted by Crippen LogP contribution is 2.14. The van der Waals surface area contributed by atoms with Crippen LogP contribution in [0.2, 0.25) is 0 Å². The number of hydrogen-bond acceptors (Lipinski definition) is 4. The van der Waals surface area contributed by atoms with Crippen molar-refractivity contribution < 1.29 is 14.7 Å². The standard InChI is InChI=1S/C13H17ClN4O3/c14-5-4-13(19)17-7-1-6-16(8-9-17)12-3-2-11(10-15-12)18(20)21/h2-3,10H,1,4-9H2/p+1. The van der Waals surface area contributed by atoms with Crippen molar-refractivity contribution in [3.05, 3.63) is 28.4 Å². The van der Waals surface area contributed by atoms with Gasteiger partial charge in [-0.1, -0.05) is 0 Å². The number of nitro groups is 1. The summed E-state index contributed by atoms with van der Waals surface area (Å²) in [7, 11) is 0. The highest BCUT2D eigenvalue weighted by atomic mass is 35.5. The Morgan fingerprint density at radius 2 is 2.14 bits per heavy atom. The third-order valence-electron chi connectivity index (χ3n) is 3.49. The molecule has 1 aliphatic rings. The molecule has 8 heteroatoms. The lowest BCUT2D eigenvalue weighted by Gasteiger charge is -2.19. The molecule has 0 bridgehead atoms. The van der Waals surface area contributed by atoms with Crippen LogP contribution in [0.3, 0.4) is 0 Å². The first-order chi connectivity index (χ1) is 10.1. The lowest BCUT2D eigenvalue weighted by atomic mass is 10.3. The SMILES string of the molecule is O=C(CCCl)N1CCCN(c2ccc([N+](=O)[O-])c[nH+]2)CC1. The Balaban J connectivity index is 1.99. The summed E-state index contributed by atoms with van der Waals surface area (Å²) in [6.45, 7) is 2.86. The smallest absolute Gasteiger partial charge is 0.308 e. The van der Waals surface area contributed by atoms with Crippen LogP contribution in [-0.2, 0) is 4.79 Å². The fraction of sp³-hybridized carbons (Fsp3) is 0.538. The molecule has 1 aliphatic heterocycles. The van der Waals surface area contributed by atoms with Crippen molar-refractivity contribution >= 4 is 29.0 Å². The maximum absolute atomic E-state index is 11.9. The molecule has 0 radical (unpaired) electrons. The van der Waals surface area contributed by atoms with E-state index >= 15 is 0 Å². The van der Waals surface area contributed by atoms with Crippen LogP contribution in [0.5, 0.6) is 0 Å². The number of alkyl halides is 1. The molecule has 0 atom stereocenters. The summed E-state index contributed by atoms with van der Waals surface area (Å²) in [6, 6.07) is 3.18. The van der Waals surface area contributed by atoms with Gasteiger partial charge >= 0.3 is 5.69 Å². The van der Waals surface area contributed by atoms with Crippen molar-refractivity contribution in [3.8, 4) is 0 Å². The molecule has 0 aliphatic carbocycles. The average Bonchev–Trinajstić information content (AvgIpc) is 2.73. The van der Waals surface area contributed by atoms with Crippen LogP contribution >= 0.6 is 11.6 Å². The lowest BCUT2D eigenvalue weighted by molar-refractivity contribution is -0.414. The van der Waals surface area contributed by atoms with E-state index in [0.717, 1.165) is 25.3 Å². The maximum Gasteiger partial charge on any atom is 0.308 e. The van der Waals surface area contributed by atoms with E-state index in [-0.39, 0.29) is 11.6 Å². The molecule has 2 rings (SSSR count). The number of amides is 1. The van der Waals surface area contributed by atoms with Crippen LogP contribution in [0.15, 0.2) is 18.3 Å². The summed E-state index contributed by atoms with van der Waals surface area (Å²) in [4.78, 5) is 28.9. The van der Waals surface area contributed by atoms with Crippen LogP contribution in [0.4, 0.5) is 11.5 Å². The molecule has 1 saturated heterocycles. The van der Waals surface area contributed by atoms with Gasteiger partial charge in [0.25, 0.3) is 5.82 Å². The zero-order valence-corrected chi connectivity index (χ0v) is 12.4. The number of aromatic nitrogens is 1. The second-order valence-electron chi connectivity index (χ2n) is 4.85. The number of anilines is 1. The molecule has 0 unspecified atom stereocenters. The van der Waals surface area contributed by atoms with Crippen LogP contribution in [-0.4, -0.2) is 47.8 Å². The van der Waals surface area contributed by atoms with Gasteiger partial charge in [0.1, 0.15) is 6.54 Å². The first-order valence-electron chi connectivity index (χ1n) is 6.86. The maximum atomic E-state index is 11.9.